The summed E-state index contributed by atoms with van der Waals surface area (Å²) in [5.74, 6) is 0.422. The summed E-state index contributed by atoms with van der Waals surface area (Å²) in [5.41, 5.74) is 0. The van der Waals surface area contributed by atoms with Crippen molar-refractivity contribution >= 4 is 9.84 Å². The molecule has 1 aromatic rings. The average molecular weight is 288 g/mol. The van der Waals surface area contributed by atoms with E-state index in [9.17, 15) is 8.42 Å². The van der Waals surface area contributed by atoms with Crippen molar-refractivity contribution < 1.29 is 22.6 Å². The molecule has 0 aliphatic heterocycles. The third kappa shape index (κ3) is 4.81. The fraction of sp³-hybridized carbons (Fsp3) is 0.538. The Morgan fingerprint density at radius 3 is 2.00 bits per heavy atom. The molecule has 0 saturated heterocycles. The second-order valence-electron chi connectivity index (χ2n) is 3.80. The highest BCUT2D eigenvalue weighted by Gasteiger charge is 2.22. The summed E-state index contributed by atoms with van der Waals surface area (Å²) < 4.78 is 39.9. The Balaban J connectivity index is 2.83. The van der Waals surface area contributed by atoms with Gasteiger partial charge in [-0.15, -0.1) is 0 Å². The van der Waals surface area contributed by atoms with Crippen LogP contribution in [0.5, 0.6) is 5.75 Å². The molecule has 0 aliphatic carbocycles. The fourth-order valence-corrected chi connectivity index (χ4v) is 2.87. The number of sulfone groups is 1. The largest absolute Gasteiger partial charge is 0.497 e. The molecule has 0 fully saturated rings. The van der Waals surface area contributed by atoms with Gasteiger partial charge in [0.25, 0.3) is 0 Å². The molecular weight excluding hydrogens is 268 g/mol. The maximum atomic E-state index is 12.2. The SMILES string of the molecule is CCOC(CS(=O)(=O)c1ccc(OC)cc1)OCC. The van der Waals surface area contributed by atoms with Gasteiger partial charge in [-0.1, -0.05) is 0 Å². The van der Waals surface area contributed by atoms with Gasteiger partial charge in [-0.05, 0) is 38.1 Å². The first-order chi connectivity index (χ1) is 9.03. The summed E-state index contributed by atoms with van der Waals surface area (Å²) in [5, 5.41) is 0. The zero-order valence-corrected chi connectivity index (χ0v) is 12.3. The van der Waals surface area contributed by atoms with E-state index in [2.05, 4.69) is 0 Å². The molecule has 5 nitrogen and oxygen atoms in total. The summed E-state index contributed by atoms with van der Waals surface area (Å²) in [4.78, 5) is 0.234. The molecule has 0 heterocycles. The number of ether oxygens (including phenoxy) is 3. The Hall–Kier alpha value is -1.11. The van der Waals surface area contributed by atoms with Crippen LogP contribution in [0.3, 0.4) is 0 Å². The van der Waals surface area contributed by atoms with Crippen molar-refractivity contribution in [3.05, 3.63) is 24.3 Å². The first-order valence-electron chi connectivity index (χ1n) is 6.13. The van der Waals surface area contributed by atoms with E-state index in [1.165, 1.54) is 19.2 Å². The van der Waals surface area contributed by atoms with Crippen LogP contribution >= 0.6 is 0 Å². The van der Waals surface area contributed by atoms with Crippen molar-refractivity contribution in [2.45, 2.75) is 25.0 Å². The topological polar surface area (TPSA) is 61.8 Å². The highest BCUT2D eigenvalue weighted by Crippen LogP contribution is 2.18. The standard InChI is InChI=1S/C13H20O5S/c1-4-17-13(18-5-2)10-19(14,15)12-8-6-11(16-3)7-9-12/h6-9,13H,4-5,10H2,1-3H3. The molecule has 1 rings (SSSR count). The molecule has 0 saturated carbocycles. The molecule has 19 heavy (non-hydrogen) atoms. The Morgan fingerprint density at radius 1 is 1.05 bits per heavy atom. The summed E-state index contributed by atoms with van der Waals surface area (Å²) in [6.07, 6.45) is -0.734. The van der Waals surface area contributed by atoms with Gasteiger partial charge in [0.05, 0.1) is 12.0 Å². The van der Waals surface area contributed by atoms with Crippen molar-refractivity contribution in [1.29, 1.82) is 0 Å². The monoisotopic (exact) mass is 288 g/mol. The summed E-state index contributed by atoms with van der Waals surface area (Å²) >= 11 is 0. The van der Waals surface area contributed by atoms with Gasteiger partial charge in [0, 0.05) is 13.2 Å². The van der Waals surface area contributed by atoms with Crippen LogP contribution in [0.15, 0.2) is 29.2 Å². The normalized spacial score (nSPS) is 11.8. The van der Waals surface area contributed by atoms with Crippen molar-refractivity contribution in [2.75, 3.05) is 26.1 Å². The number of hydrogen-bond acceptors (Lipinski definition) is 5. The van der Waals surface area contributed by atoms with Crippen molar-refractivity contribution in [1.82, 2.24) is 0 Å². The molecule has 0 spiro atoms. The lowest BCUT2D eigenvalue weighted by Crippen LogP contribution is -2.27. The lowest BCUT2D eigenvalue weighted by molar-refractivity contribution is -0.120. The zero-order chi connectivity index (χ0) is 14.3. The lowest BCUT2D eigenvalue weighted by Gasteiger charge is -2.17. The van der Waals surface area contributed by atoms with Gasteiger partial charge in [-0.3, -0.25) is 0 Å². The van der Waals surface area contributed by atoms with Gasteiger partial charge in [-0.25, -0.2) is 8.42 Å². The molecule has 0 amide bonds. The van der Waals surface area contributed by atoms with Crippen LogP contribution in [-0.4, -0.2) is 40.8 Å². The Labute approximate surface area is 114 Å². The highest BCUT2D eigenvalue weighted by molar-refractivity contribution is 7.91. The van der Waals surface area contributed by atoms with Gasteiger partial charge in [0.15, 0.2) is 16.1 Å². The van der Waals surface area contributed by atoms with Gasteiger partial charge in [0.1, 0.15) is 11.5 Å². The van der Waals surface area contributed by atoms with Crippen LogP contribution in [0.25, 0.3) is 0 Å². The number of rotatable bonds is 8. The van der Waals surface area contributed by atoms with Crippen molar-refractivity contribution in [2.24, 2.45) is 0 Å². The van der Waals surface area contributed by atoms with Gasteiger partial charge in [0.2, 0.25) is 0 Å². The third-order valence-corrected chi connectivity index (χ3v) is 4.18. The number of methoxy groups -OCH3 is 1. The minimum absolute atomic E-state index is 0.193. The molecule has 0 N–H and O–H groups in total. The van der Waals surface area contributed by atoms with E-state index in [0.29, 0.717) is 19.0 Å². The number of hydrogen-bond donors (Lipinski definition) is 0. The first-order valence-corrected chi connectivity index (χ1v) is 7.78. The Kier molecular flexibility index (Phi) is 6.27. The van der Waals surface area contributed by atoms with Crippen LogP contribution in [0, 0.1) is 0 Å². The van der Waals surface area contributed by atoms with Gasteiger partial charge >= 0.3 is 0 Å². The van der Waals surface area contributed by atoms with E-state index in [-0.39, 0.29) is 10.6 Å². The van der Waals surface area contributed by atoms with Crippen LogP contribution in [0.4, 0.5) is 0 Å². The molecular formula is C13H20O5S. The molecule has 1 aromatic carbocycles. The van der Waals surface area contributed by atoms with E-state index < -0.39 is 16.1 Å². The molecule has 0 radical (unpaired) electrons. The van der Waals surface area contributed by atoms with E-state index in [0.717, 1.165) is 0 Å². The molecule has 0 unspecified atom stereocenters. The minimum atomic E-state index is -3.43. The van der Waals surface area contributed by atoms with Crippen LogP contribution in [0.2, 0.25) is 0 Å². The molecule has 108 valence electrons. The predicted molar refractivity (Wildman–Crippen MR) is 72.1 cm³/mol. The smallest absolute Gasteiger partial charge is 0.183 e. The summed E-state index contributed by atoms with van der Waals surface area (Å²) in [6.45, 7) is 4.41. The van der Waals surface area contributed by atoms with Gasteiger partial charge in [-0.2, -0.15) is 0 Å². The molecule has 0 aromatic heterocycles. The molecule has 0 atom stereocenters. The maximum absolute atomic E-state index is 12.2. The average Bonchev–Trinajstić information content (AvgIpc) is 2.39. The molecule has 6 heteroatoms. The van der Waals surface area contributed by atoms with Gasteiger partial charge < -0.3 is 14.2 Å². The Bertz CT molecular complexity index is 460. The molecule has 0 aliphatic rings. The fourth-order valence-electron chi connectivity index (χ4n) is 1.57. The zero-order valence-electron chi connectivity index (χ0n) is 11.5. The summed E-state index contributed by atoms with van der Waals surface area (Å²) in [7, 11) is -1.90. The first kappa shape index (κ1) is 15.9. The van der Waals surface area contributed by atoms with Crippen molar-refractivity contribution in [3.8, 4) is 5.75 Å². The van der Waals surface area contributed by atoms with Crippen molar-refractivity contribution in [3.63, 3.8) is 0 Å². The van der Waals surface area contributed by atoms with Crippen LogP contribution in [-0.2, 0) is 19.3 Å². The molecule has 0 bridgehead atoms. The second-order valence-corrected chi connectivity index (χ2v) is 5.83. The maximum Gasteiger partial charge on any atom is 0.183 e. The third-order valence-electron chi connectivity index (χ3n) is 2.48. The number of benzene rings is 1. The van der Waals surface area contributed by atoms with E-state index in [4.69, 9.17) is 14.2 Å². The van der Waals surface area contributed by atoms with Crippen LogP contribution < -0.4 is 4.74 Å². The lowest BCUT2D eigenvalue weighted by atomic mass is 10.3. The Morgan fingerprint density at radius 2 is 1.58 bits per heavy atom. The quantitative estimate of drug-likeness (QED) is 0.683. The minimum Gasteiger partial charge on any atom is -0.497 e. The van der Waals surface area contributed by atoms with Crippen LogP contribution in [0.1, 0.15) is 13.8 Å². The van der Waals surface area contributed by atoms with E-state index in [1.807, 2.05) is 0 Å². The summed E-state index contributed by atoms with van der Waals surface area (Å²) in [6, 6.07) is 6.26. The van der Waals surface area contributed by atoms with E-state index >= 15 is 0 Å². The van der Waals surface area contributed by atoms with E-state index in [1.54, 1.807) is 26.0 Å². The highest BCUT2D eigenvalue weighted by atomic mass is 32.2. The second kappa shape index (κ2) is 7.47. The predicted octanol–water partition coefficient (Wildman–Crippen LogP) is 1.87.